The normalized spacial score (nSPS) is 12.4. The third-order valence-corrected chi connectivity index (χ3v) is 3.50. The Bertz CT molecular complexity index is 517. The number of hydrogen-bond donors (Lipinski definition) is 1. The average Bonchev–Trinajstić information content (AvgIpc) is 2.40. The molecule has 0 aliphatic rings. The molecule has 1 N–H and O–H groups in total. The third kappa shape index (κ3) is 3.19. The summed E-state index contributed by atoms with van der Waals surface area (Å²) >= 11 is 12.2. The van der Waals surface area contributed by atoms with Crippen molar-refractivity contribution >= 4 is 23.2 Å². The lowest BCUT2D eigenvalue weighted by Gasteiger charge is -2.15. The SMILES string of the molecule is CC(NCc1cccnn1)c1cccc(Cl)c1Cl. The van der Waals surface area contributed by atoms with Gasteiger partial charge in [-0.25, -0.2) is 0 Å². The molecule has 0 saturated heterocycles. The van der Waals surface area contributed by atoms with Crippen LogP contribution in [0.4, 0.5) is 0 Å². The minimum atomic E-state index is 0.0956. The predicted molar refractivity (Wildman–Crippen MR) is 73.7 cm³/mol. The lowest BCUT2D eigenvalue weighted by atomic mass is 10.1. The maximum atomic E-state index is 6.17. The molecule has 5 heteroatoms. The molecule has 0 saturated carbocycles. The van der Waals surface area contributed by atoms with E-state index in [9.17, 15) is 0 Å². The molecule has 1 atom stereocenters. The van der Waals surface area contributed by atoms with Crippen molar-refractivity contribution in [2.45, 2.75) is 19.5 Å². The summed E-state index contributed by atoms with van der Waals surface area (Å²) in [6.07, 6.45) is 1.65. The topological polar surface area (TPSA) is 37.8 Å². The molecule has 1 heterocycles. The van der Waals surface area contributed by atoms with Gasteiger partial charge in [-0.2, -0.15) is 10.2 Å². The van der Waals surface area contributed by atoms with Crippen LogP contribution in [0.2, 0.25) is 10.0 Å². The Balaban J connectivity index is 2.04. The van der Waals surface area contributed by atoms with E-state index in [2.05, 4.69) is 15.5 Å². The summed E-state index contributed by atoms with van der Waals surface area (Å²) in [7, 11) is 0. The molecular formula is C13H13Cl2N3. The van der Waals surface area contributed by atoms with Crippen LogP contribution in [-0.2, 0) is 6.54 Å². The molecule has 0 aliphatic heterocycles. The van der Waals surface area contributed by atoms with Crippen LogP contribution in [0.15, 0.2) is 36.5 Å². The summed E-state index contributed by atoms with van der Waals surface area (Å²) < 4.78 is 0. The second-order valence-corrected chi connectivity index (χ2v) is 4.75. The fourth-order valence-corrected chi connectivity index (χ4v) is 2.12. The summed E-state index contributed by atoms with van der Waals surface area (Å²) in [6.45, 7) is 2.67. The Kier molecular flexibility index (Phi) is 4.53. The zero-order chi connectivity index (χ0) is 13.0. The lowest BCUT2D eigenvalue weighted by molar-refractivity contribution is 0.564. The monoisotopic (exact) mass is 281 g/mol. The van der Waals surface area contributed by atoms with Gasteiger partial charge in [0.25, 0.3) is 0 Å². The Morgan fingerprint density at radius 3 is 2.78 bits per heavy atom. The van der Waals surface area contributed by atoms with Gasteiger partial charge in [0.2, 0.25) is 0 Å². The van der Waals surface area contributed by atoms with Gasteiger partial charge in [-0.15, -0.1) is 0 Å². The summed E-state index contributed by atoms with van der Waals surface area (Å²) in [6, 6.07) is 9.51. The molecule has 1 aromatic carbocycles. The molecule has 0 amide bonds. The maximum absolute atomic E-state index is 6.17. The minimum absolute atomic E-state index is 0.0956. The third-order valence-electron chi connectivity index (χ3n) is 2.66. The van der Waals surface area contributed by atoms with E-state index in [-0.39, 0.29) is 6.04 Å². The van der Waals surface area contributed by atoms with Gasteiger partial charge in [-0.05, 0) is 30.7 Å². The van der Waals surface area contributed by atoms with Crippen molar-refractivity contribution in [2.24, 2.45) is 0 Å². The standard InChI is InChI=1S/C13H13Cl2N3/c1-9(11-5-2-6-12(14)13(11)15)16-8-10-4-3-7-17-18-10/h2-7,9,16H,8H2,1H3. The molecule has 94 valence electrons. The Morgan fingerprint density at radius 1 is 1.22 bits per heavy atom. The second kappa shape index (κ2) is 6.14. The lowest BCUT2D eigenvalue weighted by Crippen LogP contribution is -2.19. The molecular weight excluding hydrogens is 269 g/mol. The molecule has 0 aliphatic carbocycles. The van der Waals surface area contributed by atoms with Gasteiger partial charge in [0.05, 0.1) is 15.7 Å². The molecule has 3 nitrogen and oxygen atoms in total. The van der Waals surface area contributed by atoms with Crippen molar-refractivity contribution in [2.75, 3.05) is 0 Å². The highest BCUT2D eigenvalue weighted by molar-refractivity contribution is 6.42. The van der Waals surface area contributed by atoms with E-state index in [4.69, 9.17) is 23.2 Å². The first-order valence-electron chi connectivity index (χ1n) is 5.62. The first-order chi connectivity index (χ1) is 8.68. The van der Waals surface area contributed by atoms with Gasteiger partial charge in [0.15, 0.2) is 0 Å². The fraction of sp³-hybridized carbons (Fsp3) is 0.231. The van der Waals surface area contributed by atoms with E-state index in [1.807, 2.05) is 31.2 Å². The van der Waals surface area contributed by atoms with Crippen LogP contribution in [-0.4, -0.2) is 10.2 Å². The molecule has 2 aromatic rings. The number of halogens is 2. The van der Waals surface area contributed by atoms with Gasteiger partial charge in [-0.1, -0.05) is 35.3 Å². The number of hydrogen-bond acceptors (Lipinski definition) is 3. The summed E-state index contributed by atoms with van der Waals surface area (Å²) in [5, 5.41) is 12.3. The van der Waals surface area contributed by atoms with Crippen LogP contribution in [0.1, 0.15) is 24.2 Å². The molecule has 1 unspecified atom stereocenters. The van der Waals surface area contributed by atoms with E-state index in [1.165, 1.54) is 0 Å². The largest absolute Gasteiger partial charge is 0.304 e. The highest BCUT2D eigenvalue weighted by Gasteiger charge is 2.11. The van der Waals surface area contributed by atoms with Crippen LogP contribution in [0.3, 0.4) is 0 Å². The fourth-order valence-electron chi connectivity index (χ4n) is 1.65. The van der Waals surface area contributed by atoms with Crippen molar-refractivity contribution < 1.29 is 0 Å². The van der Waals surface area contributed by atoms with Gasteiger partial charge < -0.3 is 5.32 Å². The summed E-state index contributed by atoms with van der Waals surface area (Å²) in [5.74, 6) is 0. The zero-order valence-electron chi connectivity index (χ0n) is 9.90. The van der Waals surface area contributed by atoms with E-state index in [0.717, 1.165) is 11.3 Å². The number of nitrogens with zero attached hydrogens (tertiary/aromatic N) is 2. The molecule has 1 aromatic heterocycles. The second-order valence-electron chi connectivity index (χ2n) is 3.96. The van der Waals surface area contributed by atoms with Crippen LogP contribution in [0.25, 0.3) is 0 Å². The molecule has 18 heavy (non-hydrogen) atoms. The minimum Gasteiger partial charge on any atom is -0.304 e. The Morgan fingerprint density at radius 2 is 2.06 bits per heavy atom. The smallest absolute Gasteiger partial charge is 0.0769 e. The Hall–Kier alpha value is -1.16. The van der Waals surface area contributed by atoms with Gasteiger partial charge in [0, 0.05) is 18.8 Å². The molecule has 0 bridgehead atoms. The average molecular weight is 282 g/mol. The van der Waals surface area contributed by atoms with Crippen molar-refractivity contribution in [3.05, 3.63) is 57.8 Å². The van der Waals surface area contributed by atoms with E-state index in [1.54, 1.807) is 12.3 Å². The van der Waals surface area contributed by atoms with E-state index < -0.39 is 0 Å². The van der Waals surface area contributed by atoms with E-state index >= 15 is 0 Å². The summed E-state index contributed by atoms with van der Waals surface area (Å²) in [4.78, 5) is 0. The van der Waals surface area contributed by atoms with Gasteiger partial charge in [-0.3, -0.25) is 0 Å². The number of nitrogens with one attached hydrogen (secondary N) is 1. The highest BCUT2D eigenvalue weighted by Crippen LogP contribution is 2.29. The van der Waals surface area contributed by atoms with Crippen LogP contribution < -0.4 is 5.32 Å². The van der Waals surface area contributed by atoms with Crippen LogP contribution >= 0.6 is 23.2 Å². The van der Waals surface area contributed by atoms with Gasteiger partial charge in [0.1, 0.15) is 0 Å². The van der Waals surface area contributed by atoms with E-state index in [0.29, 0.717) is 16.6 Å². The summed E-state index contributed by atoms with van der Waals surface area (Å²) in [5.41, 5.74) is 1.87. The predicted octanol–water partition coefficient (Wildman–Crippen LogP) is 3.63. The van der Waals surface area contributed by atoms with Crippen LogP contribution in [0, 0.1) is 0 Å². The number of rotatable bonds is 4. The maximum Gasteiger partial charge on any atom is 0.0769 e. The number of benzene rings is 1. The number of aromatic nitrogens is 2. The van der Waals surface area contributed by atoms with Crippen LogP contribution in [0.5, 0.6) is 0 Å². The van der Waals surface area contributed by atoms with Gasteiger partial charge >= 0.3 is 0 Å². The molecule has 0 radical (unpaired) electrons. The quantitative estimate of drug-likeness (QED) is 0.930. The molecule has 0 spiro atoms. The first kappa shape index (κ1) is 13.3. The van der Waals surface area contributed by atoms with Crippen molar-refractivity contribution in [3.63, 3.8) is 0 Å². The van der Waals surface area contributed by atoms with Crippen molar-refractivity contribution in [1.82, 2.24) is 15.5 Å². The molecule has 0 fully saturated rings. The highest BCUT2D eigenvalue weighted by atomic mass is 35.5. The first-order valence-corrected chi connectivity index (χ1v) is 6.38. The van der Waals surface area contributed by atoms with Crippen molar-refractivity contribution in [3.8, 4) is 0 Å². The Labute approximate surface area is 116 Å². The van der Waals surface area contributed by atoms with Crippen molar-refractivity contribution in [1.29, 1.82) is 0 Å². The molecule has 2 rings (SSSR count). The zero-order valence-corrected chi connectivity index (χ0v) is 11.4.